The van der Waals surface area contributed by atoms with Gasteiger partial charge in [0.15, 0.2) is 6.04 Å². The molecule has 0 spiro atoms. The topological polar surface area (TPSA) is 82.0 Å². The lowest BCUT2D eigenvalue weighted by Crippen LogP contribution is -2.63. The van der Waals surface area contributed by atoms with Gasteiger partial charge in [0, 0.05) is 11.8 Å². The normalized spacial score (nSPS) is 35.1. The summed E-state index contributed by atoms with van der Waals surface area (Å²) in [6.45, 7) is 8.20. The molecule has 0 unspecified atom stereocenters. The monoisotopic (exact) mass is 242 g/mol. The fourth-order valence-corrected chi connectivity index (χ4v) is 2.90. The Morgan fingerprint density at radius 3 is 2.06 bits per heavy atom. The molecular formula is C13H24NO3+. The zero-order valence-corrected chi connectivity index (χ0v) is 11.2. The minimum atomic E-state index is -0.852. The van der Waals surface area contributed by atoms with Crippen LogP contribution in [0.1, 0.15) is 47.0 Å². The molecule has 2 rings (SSSR count). The van der Waals surface area contributed by atoms with Gasteiger partial charge in [-0.15, -0.1) is 0 Å². The van der Waals surface area contributed by atoms with Crippen molar-refractivity contribution in [1.82, 2.24) is 0 Å². The summed E-state index contributed by atoms with van der Waals surface area (Å²) in [4.78, 5) is 21.2. The van der Waals surface area contributed by atoms with Crippen molar-refractivity contribution in [2.45, 2.75) is 53.0 Å². The number of carbonyl (C=O) groups is 2. The molecule has 3 atom stereocenters. The highest BCUT2D eigenvalue weighted by Crippen LogP contribution is 2.63. The van der Waals surface area contributed by atoms with E-state index in [1.807, 2.05) is 0 Å². The van der Waals surface area contributed by atoms with Crippen LogP contribution in [-0.4, -0.2) is 22.9 Å². The van der Waals surface area contributed by atoms with Crippen molar-refractivity contribution in [1.29, 1.82) is 0 Å². The maximum atomic E-state index is 11.6. The van der Waals surface area contributed by atoms with E-state index in [1.165, 1.54) is 13.3 Å². The van der Waals surface area contributed by atoms with E-state index < -0.39 is 12.0 Å². The van der Waals surface area contributed by atoms with Gasteiger partial charge in [0.05, 0.1) is 0 Å². The van der Waals surface area contributed by atoms with Crippen molar-refractivity contribution in [3.05, 3.63) is 0 Å². The number of ketones is 1. The molecule has 0 aromatic rings. The maximum Gasteiger partial charge on any atom is 0.362 e. The van der Waals surface area contributed by atoms with Crippen LogP contribution >= 0.6 is 0 Å². The van der Waals surface area contributed by atoms with Gasteiger partial charge < -0.3 is 10.8 Å². The third-order valence-corrected chi connectivity index (χ3v) is 4.90. The van der Waals surface area contributed by atoms with E-state index >= 15 is 0 Å². The molecule has 98 valence electrons. The van der Waals surface area contributed by atoms with Crippen LogP contribution in [0.25, 0.3) is 0 Å². The van der Waals surface area contributed by atoms with Crippen LogP contribution in [0.15, 0.2) is 0 Å². The second kappa shape index (κ2) is 4.41. The Morgan fingerprint density at radius 2 is 1.94 bits per heavy atom. The molecule has 2 saturated carbocycles. The van der Waals surface area contributed by atoms with Crippen LogP contribution in [0.5, 0.6) is 0 Å². The predicted octanol–water partition coefficient (Wildman–Crippen LogP) is 1.10. The van der Waals surface area contributed by atoms with E-state index in [9.17, 15) is 9.59 Å². The first kappa shape index (κ1) is 14.2. The lowest BCUT2D eigenvalue weighted by atomic mass is 9.70. The van der Waals surface area contributed by atoms with Gasteiger partial charge in [-0.1, -0.05) is 20.8 Å². The smallest absolute Gasteiger partial charge is 0.362 e. The third-order valence-electron chi connectivity index (χ3n) is 4.90. The Hall–Kier alpha value is -0.900. The molecule has 0 amide bonds. The van der Waals surface area contributed by atoms with Gasteiger partial charge in [0.1, 0.15) is 5.78 Å². The van der Waals surface area contributed by atoms with Crippen LogP contribution < -0.4 is 5.73 Å². The molecule has 0 aromatic heterocycles. The molecule has 4 N–H and O–H groups in total. The van der Waals surface area contributed by atoms with Gasteiger partial charge >= 0.3 is 5.97 Å². The summed E-state index contributed by atoms with van der Waals surface area (Å²) in [6.07, 6.45) is 3.25. The van der Waals surface area contributed by atoms with E-state index in [1.54, 1.807) is 0 Å². The van der Waals surface area contributed by atoms with Crippen LogP contribution in [0, 0.1) is 16.7 Å². The molecule has 0 aromatic carbocycles. The molecule has 4 heteroatoms. The summed E-state index contributed by atoms with van der Waals surface area (Å²) in [5, 5.41) is 7.93. The molecule has 2 fully saturated rings. The van der Waals surface area contributed by atoms with Gasteiger partial charge in [-0.05, 0) is 31.1 Å². The number of carboxylic acid groups (broad SMARTS) is 1. The number of carboxylic acids is 1. The van der Waals surface area contributed by atoms with Crippen LogP contribution in [0.4, 0.5) is 0 Å². The quantitative estimate of drug-likeness (QED) is 0.722. The predicted molar refractivity (Wildman–Crippen MR) is 64.2 cm³/mol. The molecular weight excluding hydrogens is 218 g/mol. The Bertz CT molecular complexity index is 336. The van der Waals surface area contributed by atoms with Crippen molar-refractivity contribution in [2.24, 2.45) is 16.7 Å². The highest BCUT2D eigenvalue weighted by Gasteiger charge is 2.61. The zero-order valence-electron chi connectivity index (χ0n) is 11.2. The second-order valence-corrected chi connectivity index (χ2v) is 6.16. The van der Waals surface area contributed by atoms with Gasteiger partial charge in [0.2, 0.25) is 0 Å². The van der Waals surface area contributed by atoms with Crippen LogP contribution in [-0.2, 0) is 9.59 Å². The molecule has 0 heterocycles. The largest absolute Gasteiger partial charge is 0.477 e. The summed E-state index contributed by atoms with van der Waals surface area (Å²) in [6, 6.07) is -0.481. The van der Waals surface area contributed by atoms with E-state index in [-0.39, 0.29) is 10.8 Å². The van der Waals surface area contributed by atoms with Gasteiger partial charge in [-0.2, -0.15) is 0 Å². The summed E-state index contributed by atoms with van der Waals surface area (Å²) in [7, 11) is 0. The van der Waals surface area contributed by atoms with Gasteiger partial charge in [-0.25, -0.2) is 4.79 Å². The van der Waals surface area contributed by atoms with Crippen molar-refractivity contribution >= 4 is 11.8 Å². The average Bonchev–Trinajstić information content (AvgIpc) is 2.51. The fraction of sp³-hybridized carbons (Fsp3) is 0.846. The first-order chi connectivity index (χ1) is 7.63. The van der Waals surface area contributed by atoms with E-state index in [0.29, 0.717) is 11.7 Å². The first-order valence-corrected chi connectivity index (χ1v) is 6.22. The Balaban J connectivity index is 0.000000209. The Morgan fingerprint density at radius 1 is 1.47 bits per heavy atom. The molecule has 2 bridgehead atoms. The molecule has 4 nitrogen and oxygen atoms in total. The fourth-order valence-electron chi connectivity index (χ4n) is 2.90. The molecule has 2 aliphatic carbocycles. The first-order valence-electron chi connectivity index (χ1n) is 6.22. The number of hydrogen-bond donors (Lipinski definition) is 2. The summed E-state index contributed by atoms with van der Waals surface area (Å²) in [5.41, 5.74) is 3.55. The maximum absolute atomic E-state index is 11.6. The van der Waals surface area contributed by atoms with Crippen molar-refractivity contribution in [3.8, 4) is 0 Å². The lowest BCUT2D eigenvalue weighted by molar-refractivity contribution is -0.402. The molecule has 0 radical (unpaired) electrons. The van der Waals surface area contributed by atoms with Crippen LogP contribution in [0.2, 0.25) is 0 Å². The summed E-state index contributed by atoms with van der Waals surface area (Å²) in [5.74, 6) is 0.341. The summed E-state index contributed by atoms with van der Waals surface area (Å²) < 4.78 is 0. The Labute approximate surface area is 103 Å². The number of hydrogen-bond acceptors (Lipinski definition) is 2. The molecule has 17 heavy (non-hydrogen) atoms. The highest BCUT2D eigenvalue weighted by atomic mass is 16.4. The minimum Gasteiger partial charge on any atom is -0.477 e. The number of fused-ring (bicyclic) bond motifs is 2. The van der Waals surface area contributed by atoms with Crippen molar-refractivity contribution in [3.63, 3.8) is 0 Å². The SMILES string of the molecule is CC1(C)[C@H]2CC[C@]1(C)C(=O)C2.C[C@@H]([NH3+])C(=O)O. The van der Waals surface area contributed by atoms with E-state index in [4.69, 9.17) is 5.11 Å². The minimum absolute atomic E-state index is 0.0255. The number of carbonyl (C=O) groups excluding carboxylic acids is 1. The number of rotatable bonds is 1. The number of aliphatic carboxylic acids is 1. The highest BCUT2D eigenvalue weighted by molar-refractivity contribution is 5.89. The van der Waals surface area contributed by atoms with E-state index in [0.717, 1.165) is 12.8 Å². The standard InChI is InChI=1S/C10H16O.C3H7NO2/c1-9(2)7-4-5-10(9,3)8(11)6-7;1-2(4)3(5)6/h7H,4-6H2,1-3H3;2H,4H2,1H3,(H,5,6)/p+1/t7-,10+;2-/m01/s1. The average molecular weight is 242 g/mol. The Kier molecular flexibility index (Phi) is 3.67. The number of Topliss-reactive ketones (excluding diaryl/α,β-unsaturated/α-hetero) is 1. The zero-order chi connectivity index (χ0) is 13.4. The van der Waals surface area contributed by atoms with Crippen molar-refractivity contribution in [2.75, 3.05) is 0 Å². The van der Waals surface area contributed by atoms with Gasteiger partial charge in [0.25, 0.3) is 0 Å². The van der Waals surface area contributed by atoms with Gasteiger partial charge in [-0.3, -0.25) is 4.79 Å². The second-order valence-electron chi connectivity index (χ2n) is 6.16. The van der Waals surface area contributed by atoms with Crippen molar-refractivity contribution < 1.29 is 20.4 Å². The summed E-state index contributed by atoms with van der Waals surface area (Å²) >= 11 is 0. The molecule has 2 aliphatic rings. The van der Waals surface area contributed by atoms with E-state index in [2.05, 4.69) is 26.5 Å². The molecule has 0 saturated heterocycles. The third kappa shape index (κ3) is 2.23. The lowest BCUT2D eigenvalue weighted by Gasteiger charge is -2.32. The number of quaternary nitrogens is 1. The van der Waals surface area contributed by atoms with Crippen LogP contribution in [0.3, 0.4) is 0 Å². The molecule has 0 aliphatic heterocycles.